The maximum Gasteiger partial charge on any atom is 0.267 e. The number of hydrogen-bond donors (Lipinski definition) is 0. The zero-order valence-electron chi connectivity index (χ0n) is 16.6. The summed E-state index contributed by atoms with van der Waals surface area (Å²) in [5.74, 6) is -0.127. The first kappa shape index (κ1) is 19.5. The molecule has 1 aromatic heterocycles. The van der Waals surface area contributed by atoms with Gasteiger partial charge in [0, 0.05) is 24.7 Å². The van der Waals surface area contributed by atoms with Crippen LogP contribution in [-0.2, 0) is 17.9 Å². The van der Waals surface area contributed by atoms with E-state index in [2.05, 4.69) is 12.0 Å². The molecule has 3 aromatic rings. The fourth-order valence-electron chi connectivity index (χ4n) is 3.03. The molecule has 0 spiro atoms. The van der Waals surface area contributed by atoms with Crippen molar-refractivity contribution in [3.05, 3.63) is 87.7 Å². The van der Waals surface area contributed by atoms with Crippen molar-refractivity contribution >= 4 is 5.91 Å². The lowest BCUT2D eigenvalue weighted by atomic mass is 10.0. The van der Waals surface area contributed by atoms with Gasteiger partial charge in [0.2, 0.25) is 5.91 Å². The molecule has 28 heavy (non-hydrogen) atoms. The Balaban J connectivity index is 1.81. The van der Waals surface area contributed by atoms with E-state index in [1.54, 1.807) is 11.0 Å². The van der Waals surface area contributed by atoms with Gasteiger partial charge in [0.25, 0.3) is 5.56 Å². The Labute approximate surface area is 165 Å². The van der Waals surface area contributed by atoms with Crippen LogP contribution in [0.1, 0.15) is 23.6 Å². The van der Waals surface area contributed by atoms with E-state index in [1.165, 1.54) is 16.3 Å². The van der Waals surface area contributed by atoms with Crippen molar-refractivity contribution in [1.29, 1.82) is 0 Å². The van der Waals surface area contributed by atoms with Crippen molar-refractivity contribution in [1.82, 2.24) is 14.7 Å². The van der Waals surface area contributed by atoms with E-state index in [0.717, 1.165) is 16.7 Å². The molecule has 0 aliphatic heterocycles. The van der Waals surface area contributed by atoms with E-state index in [1.807, 2.05) is 62.4 Å². The lowest BCUT2D eigenvalue weighted by Crippen LogP contribution is -2.36. The second kappa shape index (κ2) is 8.65. The van der Waals surface area contributed by atoms with Gasteiger partial charge in [0.05, 0.1) is 5.69 Å². The average Bonchev–Trinajstić information content (AvgIpc) is 2.70. The monoisotopic (exact) mass is 375 g/mol. The third kappa shape index (κ3) is 4.55. The summed E-state index contributed by atoms with van der Waals surface area (Å²) in [5, 5.41) is 4.43. The second-order valence-electron chi connectivity index (χ2n) is 6.91. The molecule has 0 atom stereocenters. The van der Waals surface area contributed by atoms with Crippen LogP contribution in [0.25, 0.3) is 11.3 Å². The summed E-state index contributed by atoms with van der Waals surface area (Å²) in [7, 11) is 0. The summed E-state index contributed by atoms with van der Waals surface area (Å²) in [6.07, 6.45) is 0. The molecule has 0 aliphatic carbocycles. The van der Waals surface area contributed by atoms with E-state index < -0.39 is 0 Å². The van der Waals surface area contributed by atoms with Crippen LogP contribution in [0.15, 0.2) is 65.5 Å². The highest BCUT2D eigenvalue weighted by Crippen LogP contribution is 2.19. The van der Waals surface area contributed by atoms with Crippen molar-refractivity contribution < 1.29 is 4.79 Å². The summed E-state index contributed by atoms with van der Waals surface area (Å²) in [6.45, 7) is 7.04. The molecule has 0 bridgehead atoms. The van der Waals surface area contributed by atoms with Crippen LogP contribution in [0.2, 0.25) is 0 Å². The molecule has 0 saturated heterocycles. The maximum absolute atomic E-state index is 12.8. The van der Waals surface area contributed by atoms with E-state index in [4.69, 9.17) is 0 Å². The maximum atomic E-state index is 12.8. The largest absolute Gasteiger partial charge is 0.337 e. The quantitative estimate of drug-likeness (QED) is 0.662. The number of aromatic nitrogens is 2. The van der Waals surface area contributed by atoms with E-state index >= 15 is 0 Å². The van der Waals surface area contributed by atoms with Gasteiger partial charge in [-0.15, -0.1) is 0 Å². The molecule has 0 unspecified atom stereocenters. The van der Waals surface area contributed by atoms with Gasteiger partial charge in [-0.1, -0.05) is 42.5 Å². The standard InChI is InChI=1S/C23H25N3O2/c1-4-25(15-19-8-6-5-7-9-19)23(28)16-26-22(27)13-12-21(24-26)20-11-10-17(2)18(3)14-20/h5-14H,4,15-16H2,1-3H3. The smallest absolute Gasteiger partial charge is 0.267 e. The molecule has 0 radical (unpaired) electrons. The molecule has 0 saturated carbocycles. The molecular weight excluding hydrogens is 350 g/mol. The predicted octanol–water partition coefficient (Wildman–Crippen LogP) is 3.58. The zero-order valence-corrected chi connectivity index (χ0v) is 16.6. The van der Waals surface area contributed by atoms with Gasteiger partial charge in [-0.25, -0.2) is 4.68 Å². The predicted molar refractivity (Wildman–Crippen MR) is 111 cm³/mol. The van der Waals surface area contributed by atoms with Crippen molar-refractivity contribution in [2.24, 2.45) is 0 Å². The third-order valence-corrected chi connectivity index (χ3v) is 4.91. The molecular formula is C23H25N3O2. The summed E-state index contributed by atoms with van der Waals surface area (Å²) in [6, 6.07) is 19.1. The molecule has 3 rings (SSSR count). The minimum Gasteiger partial charge on any atom is -0.337 e. The van der Waals surface area contributed by atoms with Crippen LogP contribution < -0.4 is 5.56 Å². The normalized spacial score (nSPS) is 10.7. The molecule has 0 fully saturated rings. The summed E-state index contributed by atoms with van der Waals surface area (Å²) >= 11 is 0. The Kier molecular flexibility index (Phi) is 6.04. The average molecular weight is 375 g/mol. The number of hydrogen-bond acceptors (Lipinski definition) is 3. The number of likely N-dealkylation sites (N-methyl/N-ethyl adjacent to an activating group) is 1. The van der Waals surface area contributed by atoms with Crippen LogP contribution >= 0.6 is 0 Å². The molecule has 5 nitrogen and oxygen atoms in total. The summed E-state index contributed by atoms with van der Waals surface area (Å²) < 4.78 is 1.25. The Bertz CT molecular complexity index is 1030. The molecule has 1 amide bonds. The number of carbonyl (C=O) groups is 1. The SMILES string of the molecule is CCN(Cc1ccccc1)C(=O)Cn1nc(-c2ccc(C)c(C)c2)ccc1=O. The van der Waals surface area contributed by atoms with Gasteiger partial charge in [-0.05, 0) is 49.6 Å². The second-order valence-corrected chi connectivity index (χ2v) is 6.91. The van der Waals surface area contributed by atoms with Crippen LogP contribution in [-0.4, -0.2) is 27.1 Å². The van der Waals surface area contributed by atoms with E-state index in [0.29, 0.717) is 18.8 Å². The summed E-state index contributed by atoms with van der Waals surface area (Å²) in [4.78, 5) is 26.8. The van der Waals surface area contributed by atoms with Crippen molar-refractivity contribution in [2.45, 2.75) is 33.9 Å². The first-order valence-electron chi connectivity index (χ1n) is 9.45. The Hall–Kier alpha value is -3.21. The van der Waals surface area contributed by atoms with Crippen molar-refractivity contribution in [2.75, 3.05) is 6.54 Å². The van der Waals surface area contributed by atoms with Gasteiger partial charge in [-0.3, -0.25) is 9.59 Å². The van der Waals surface area contributed by atoms with Gasteiger partial charge in [0.15, 0.2) is 0 Å². The van der Waals surface area contributed by atoms with Crippen LogP contribution in [0.5, 0.6) is 0 Å². The first-order valence-corrected chi connectivity index (χ1v) is 9.45. The number of aryl methyl sites for hydroxylation is 2. The highest BCUT2D eigenvalue weighted by atomic mass is 16.2. The Morgan fingerprint density at radius 1 is 1.00 bits per heavy atom. The van der Waals surface area contributed by atoms with Crippen LogP contribution in [0.3, 0.4) is 0 Å². The topological polar surface area (TPSA) is 55.2 Å². The van der Waals surface area contributed by atoms with Crippen LogP contribution in [0.4, 0.5) is 0 Å². The van der Waals surface area contributed by atoms with Crippen molar-refractivity contribution in [3.63, 3.8) is 0 Å². The number of nitrogens with zero attached hydrogens (tertiary/aromatic N) is 3. The molecule has 0 N–H and O–H groups in total. The minimum absolute atomic E-state index is 0.0712. The third-order valence-electron chi connectivity index (χ3n) is 4.91. The van der Waals surface area contributed by atoms with Gasteiger partial charge in [-0.2, -0.15) is 5.10 Å². The van der Waals surface area contributed by atoms with E-state index in [-0.39, 0.29) is 18.0 Å². The fourth-order valence-corrected chi connectivity index (χ4v) is 3.03. The highest BCUT2D eigenvalue weighted by Gasteiger charge is 2.15. The highest BCUT2D eigenvalue weighted by molar-refractivity contribution is 5.76. The van der Waals surface area contributed by atoms with Gasteiger partial charge < -0.3 is 4.90 Å². The lowest BCUT2D eigenvalue weighted by molar-refractivity contribution is -0.132. The molecule has 144 valence electrons. The summed E-state index contributed by atoms with van der Waals surface area (Å²) in [5.41, 5.74) is 4.75. The Morgan fingerprint density at radius 3 is 2.43 bits per heavy atom. The number of benzene rings is 2. The first-order chi connectivity index (χ1) is 13.5. The molecule has 1 heterocycles. The fraction of sp³-hybridized carbons (Fsp3) is 0.261. The number of amides is 1. The van der Waals surface area contributed by atoms with Gasteiger partial charge >= 0.3 is 0 Å². The lowest BCUT2D eigenvalue weighted by Gasteiger charge is -2.21. The number of carbonyl (C=O) groups excluding carboxylic acids is 1. The molecule has 2 aromatic carbocycles. The minimum atomic E-state index is -0.281. The van der Waals surface area contributed by atoms with Crippen molar-refractivity contribution in [3.8, 4) is 11.3 Å². The Morgan fingerprint density at radius 2 is 1.75 bits per heavy atom. The zero-order chi connectivity index (χ0) is 20.1. The van der Waals surface area contributed by atoms with Gasteiger partial charge in [0.1, 0.15) is 6.54 Å². The van der Waals surface area contributed by atoms with E-state index in [9.17, 15) is 9.59 Å². The molecule has 0 aliphatic rings. The number of rotatable bonds is 6. The van der Waals surface area contributed by atoms with Crippen LogP contribution in [0, 0.1) is 13.8 Å². The molecule has 5 heteroatoms.